The molecule has 0 unspecified atom stereocenters. The second-order valence-electron chi connectivity index (χ2n) is 7.55. The number of hydrogen-bond acceptors (Lipinski definition) is 3. The minimum Gasteiger partial charge on any atom is -0.343 e. The van der Waals surface area contributed by atoms with Gasteiger partial charge < -0.3 is 9.80 Å². The van der Waals surface area contributed by atoms with Crippen LogP contribution < -0.4 is 0 Å². The van der Waals surface area contributed by atoms with Gasteiger partial charge in [0, 0.05) is 39.0 Å². The molecular formula is C19H30N4O. The number of allylic oxidation sites excluding steroid dienone is 2. The van der Waals surface area contributed by atoms with Crippen LogP contribution in [0.25, 0.3) is 0 Å². The third kappa shape index (κ3) is 4.07. The fourth-order valence-corrected chi connectivity index (χ4v) is 3.85. The zero-order valence-corrected chi connectivity index (χ0v) is 15.2. The van der Waals surface area contributed by atoms with E-state index in [2.05, 4.69) is 42.1 Å². The summed E-state index contributed by atoms with van der Waals surface area (Å²) in [6.45, 7) is 2.66. The number of piperidine rings is 1. The monoisotopic (exact) mass is 330 g/mol. The Hall–Kier alpha value is -1.62. The summed E-state index contributed by atoms with van der Waals surface area (Å²) in [5.74, 6) is 1.29. The van der Waals surface area contributed by atoms with Crippen molar-refractivity contribution >= 4 is 5.91 Å². The van der Waals surface area contributed by atoms with E-state index in [0.29, 0.717) is 24.2 Å². The summed E-state index contributed by atoms with van der Waals surface area (Å²) in [5.41, 5.74) is 2.45. The van der Waals surface area contributed by atoms with Crippen LogP contribution in [0.5, 0.6) is 0 Å². The lowest BCUT2D eigenvalue weighted by atomic mass is 9.92. The summed E-state index contributed by atoms with van der Waals surface area (Å²) in [4.78, 5) is 16.7. The van der Waals surface area contributed by atoms with Crippen molar-refractivity contribution in [1.82, 2.24) is 19.6 Å². The quantitative estimate of drug-likeness (QED) is 0.779. The molecule has 1 aliphatic heterocycles. The summed E-state index contributed by atoms with van der Waals surface area (Å²) in [7, 11) is 6.18. The largest absolute Gasteiger partial charge is 0.343 e. The highest BCUT2D eigenvalue weighted by atomic mass is 16.2. The molecule has 1 amide bonds. The van der Waals surface area contributed by atoms with Crippen LogP contribution in [-0.2, 0) is 18.4 Å². The van der Waals surface area contributed by atoms with Crippen LogP contribution in [0.3, 0.4) is 0 Å². The van der Waals surface area contributed by atoms with Crippen LogP contribution >= 0.6 is 0 Å². The second kappa shape index (κ2) is 7.51. The smallest absolute Gasteiger partial charge is 0.223 e. The molecule has 0 aromatic carbocycles. The Morgan fingerprint density at radius 3 is 2.67 bits per heavy atom. The Kier molecular flexibility index (Phi) is 5.39. The predicted molar refractivity (Wildman–Crippen MR) is 95.6 cm³/mol. The Balaban J connectivity index is 1.53. The summed E-state index contributed by atoms with van der Waals surface area (Å²) in [6.07, 6.45) is 9.45. The number of nitrogens with zero attached hydrogens (tertiary/aromatic N) is 4. The third-order valence-electron chi connectivity index (χ3n) is 5.29. The van der Waals surface area contributed by atoms with Gasteiger partial charge in [-0.25, -0.2) is 0 Å². The van der Waals surface area contributed by atoms with Crippen molar-refractivity contribution in [3.8, 4) is 0 Å². The van der Waals surface area contributed by atoms with Gasteiger partial charge in [0.1, 0.15) is 0 Å². The van der Waals surface area contributed by atoms with Crippen LogP contribution in [0.1, 0.15) is 49.4 Å². The lowest BCUT2D eigenvalue weighted by Gasteiger charge is -2.32. The van der Waals surface area contributed by atoms with Crippen molar-refractivity contribution in [2.45, 2.75) is 44.6 Å². The summed E-state index contributed by atoms with van der Waals surface area (Å²) < 4.78 is 2.00. The lowest BCUT2D eigenvalue weighted by Crippen LogP contribution is -2.38. The van der Waals surface area contributed by atoms with Crippen molar-refractivity contribution in [1.29, 1.82) is 0 Å². The minimum absolute atomic E-state index is 0.333. The SMILES string of the molecule is CN(C)Cc1cc(C2CCN(C(=O)C[C@H]3C=CCC3)CC2)nn1C. The van der Waals surface area contributed by atoms with Gasteiger partial charge >= 0.3 is 0 Å². The van der Waals surface area contributed by atoms with E-state index in [9.17, 15) is 4.79 Å². The van der Waals surface area contributed by atoms with Crippen LogP contribution in [0.2, 0.25) is 0 Å². The summed E-state index contributed by atoms with van der Waals surface area (Å²) in [6, 6.07) is 2.24. The summed E-state index contributed by atoms with van der Waals surface area (Å²) in [5, 5.41) is 4.72. The maximum atomic E-state index is 12.4. The zero-order chi connectivity index (χ0) is 17.1. The Labute approximate surface area is 145 Å². The van der Waals surface area contributed by atoms with Gasteiger partial charge in [-0.15, -0.1) is 0 Å². The fraction of sp³-hybridized carbons (Fsp3) is 0.684. The van der Waals surface area contributed by atoms with Crippen LogP contribution in [0, 0.1) is 5.92 Å². The van der Waals surface area contributed by atoms with Crippen molar-refractivity contribution < 1.29 is 4.79 Å². The Morgan fingerprint density at radius 2 is 2.04 bits per heavy atom. The molecule has 3 rings (SSSR count). The molecule has 1 fully saturated rings. The molecular weight excluding hydrogens is 300 g/mol. The first-order valence-corrected chi connectivity index (χ1v) is 9.15. The van der Waals surface area contributed by atoms with Gasteiger partial charge in [0.05, 0.1) is 11.4 Å². The zero-order valence-electron chi connectivity index (χ0n) is 15.2. The molecule has 2 heterocycles. The molecule has 1 aromatic rings. The summed E-state index contributed by atoms with van der Waals surface area (Å²) >= 11 is 0. The maximum Gasteiger partial charge on any atom is 0.223 e. The fourth-order valence-electron chi connectivity index (χ4n) is 3.85. The van der Waals surface area contributed by atoms with E-state index in [1.54, 1.807) is 0 Å². The molecule has 5 nitrogen and oxygen atoms in total. The number of carbonyl (C=O) groups excluding carboxylic acids is 1. The van der Waals surface area contributed by atoms with Gasteiger partial charge in [-0.2, -0.15) is 5.10 Å². The Bertz CT molecular complexity index is 597. The van der Waals surface area contributed by atoms with Gasteiger partial charge in [-0.3, -0.25) is 9.48 Å². The van der Waals surface area contributed by atoms with E-state index >= 15 is 0 Å². The molecule has 24 heavy (non-hydrogen) atoms. The molecule has 1 saturated heterocycles. The number of carbonyl (C=O) groups is 1. The van der Waals surface area contributed by atoms with E-state index in [0.717, 1.165) is 45.3 Å². The highest BCUT2D eigenvalue weighted by molar-refractivity contribution is 5.76. The molecule has 132 valence electrons. The van der Waals surface area contributed by atoms with Crippen LogP contribution in [-0.4, -0.2) is 52.7 Å². The van der Waals surface area contributed by atoms with Gasteiger partial charge in [0.2, 0.25) is 5.91 Å². The first-order chi connectivity index (χ1) is 11.5. The number of rotatable bonds is 5. The Morgan fingerprint density at radius 1 is 1.29 bits per heavy atom. The van der Waals surface area contributed by atoms with Gasteiger partial charge in [0.15, 0.2) is 0 Å². The van der Waals surface area contributed by atoms with Crippen molar-refractivity contribution in [2.75, 3.05) is 27.2 Å². The van der Waals surface area contributed by atoms with Gasteiger partial charge in [0.25, 0.3) is 0 Å². The highest BCUT2D eigenvalue weighted by Gasteiger charge is 2.27. The molecule has 1 aromatic heterocycles. The topological polar surface area (TPSA) is 41.4 Å². The molecule has 0 N–H and O–H groups in total. The molecule has 0 spiro atoms. The van der Waals surface area contributed by atoms with E-state index in [1.165, 1.54) is 11.4 Å². The first-order valence-electron chi connectivity index (χ1n) is 9.15. The lowest BCUT2D eigenvalue weighted by molar-refractivity contribution is -0.132. The van der Waals surface area contributed by atoms with Crippen LogP contribution in [0.15, 0.2) is 18.2 Å². The standard InChI is InChI=1S/C19H30N4O/c1-21(2)14-17-13-18(20-22(17)3)16-8-10-23(11-9-16)19(24)12-15-6-4-5-7-15/h4,6,13,15-16H,5,7-12,14H2,1-3H3/t15-/m0/s1. The van der Waals surface area contributed by atoms with E-state index in [4.69, 9.17) is 5.10 Å². The number of amides is 1. The maximum absolute atomic E-state index is 12.4. The normalized spacial score (nSPS) is 21.8. The highest BCUT2D eigenvalue weighted by Crippen LogP contribution is 2.29. The van der Waals surface area contributed by atoms with Crippen LogP contribution in [0.4, 0.5) is 0 Å². The number of aromatic nitrogens is 2. The minimum atomic E-state index is 0.333. The number of hydrogen-bond donors (Lipinski definition) is 0. The van der Waals surface area contributed by atoms with Gasteiger partial charge in [-0.1, -0.05) is 12.2 Å². The third-order valence-corrected chi connectivity index (χ3v) is 5.29. The molecule has 0 radical (unpaired) electrons. The van der Waals surface area contributed by atoms with E-state index < -0.39 is 0 Å². The molecule has 5 heteroatoms. The molecule has 2 aliphatic rings. The number of aryl methyl sites for hydroxylation is 1. The van der Waals surface area contributed by atoms with E-state index in [-0.39, 0.29) is 0 Å². The van der Waals surface area contributed by atoms with E-state index in [1.807, 2.05) is 11.7 Å². The number of likely N-dealkylation sites (tertiary alicyclic amines) is 1. The molecule has 1 atom stereocenters. The average Bonchev–Trinajstić information content (AvgIpc) is 3.17. The van der Waals surface area contributed by atoms with Crippen molar-refractivity contribution in [2.24, 2.45) is 13.0 Å². The van der Waals surface area contributed by atoms with Crippen molar-refractivity contribution in [3.05, 3.63) is 29.6 Å². The molecule has 1 aliphatic carbocycles. The predicted octanol–water partition coefficient (Wildman–Crippen LogP) is 2.54. The second-order valence-corrected chi connectivity index (χ2v) is 7.55. The van der Waals surface area contributed by atoms with Gasteiger partial charge in [-0.05, 0) is 51.8 Å². The first kappa shape index (κ1) is 17.2. The molecule has 0 bridgehead atoms. The molecule has 0 saturated carbocycles. The van der Waals surface area contributed by atoms with Crippen molar-refractivity contribution in [3.63, 3.8) is 0 Å². The average molecular weight is 330 g/mol.